The van der Waals surface area contributed by atoms with E-state index in [-0.39, 0.29) is 11.2 Å². The van der Waals surface area contributed by atoms with Gasteiger partial charge >= 0.3 is 0 Å². The van der Waals surface area contributed by atoms with Gasteiger partial charge in [0, 0.05) is 19.1 Å². The molecule has 32 heavy (non-hydrogen) atoms. The molecule has 0 amide bonds. The lowest BCUT2D eigenvalue weighted by Gasteiger charge is -2.59. The number of aromatic nitrogens is 2. The largest absolute Gasteiger partial charge is 0.506 e. The molecule has 7 nitrogen and oxygen atoms in total. The summed E-state index contributed by atoms with van der Waals surface area (Å²) in [5.41, 5.74) is 8.23. The van der Waals surface area contributed by atoms with Crippen molar-refractivity contribution < 1.29 is 5.11 Å². The Morgan fingerprint density at radius 3 is 2.72 bits per heavy atom. The number of hydrogen-bond acceptors (Lipinski definition) is 7. The van der Waals surface area contributed by atoms with Gasteiger partial charge in [0.25, 0.3) is 0 Å². The lowest BCUT2D eigenvalue weighted by molar-refractivity contribution is -0.0591. The molecule has 0 saturated heterocycles. The molecule has 4 saturated carbocycles. The maximum atomic E-state index is 9.55. The summed E-state index contributed by atoms with van der Waals surface area (Å²) in [7, 11) is 0. The Labute approximate surface area is 193 Å². The van der Waals surface area contributed by atoms with Gasteiger partial charge in [-0.3, -0.25) is 0 Å². The molecule has 6 rings (SSSR count). The first-order chi connectivity index (χ1) is 15.4. The molecular formula is C24H29ClN6O. The minimum absolute atomic E-state index is 0.0792. The van der Waals surface area contributed by atoms with Gasteiger partial charge < -0.3 is 21.5 Å². The Morgan fingerprint density at radius 2 is 2.00 bits per heavy atom. The van der Waals surface area contributed by atoms with Crippen LogP contribution < -0.4 is 16.4 Å². The van der Waals surface area contributed by atoms with Gasteiger partial charge in [0.2, 0.25) is 5.95 Å². The minimum Gasteiger partial charge on any atom is -0.506 e. The molecule has 4 bridgehead atoms. The van der Waals surface area contributed by atoms with E-state index in [2.05, 4.69) is 26.7 Å². The van der Waals surface area contributed by atoms with Crippen LogP contribution in [0.4, 0.5) is 11.8 Å². The molecule has 5 atom stereocenters. The lowest BCUT2D eigenvalue weighted by Crippen LogP contribution is -2.58. The van der Waals surface area contributed by atoms with Crippen molar-refractivity contribution in [3.05, 3.63) is 40.5 Å². The van der Waals surface area contributed by atoms with Crippen molar-refractivity contribution in [3.8, 4) is 11.8 Å². The van der Waals surface area contributed by atoms with E-state index in [0.717, 1.165) is 18.0 Å². The number of anilines is 2. The maximum absolute atomic E-state index is 9.55. The van der Waals surface area contributed by atoms with Gasteiger partial charge in [-0.05, 0) is 79.4 Å². The summed E-state index contributed by atoms with van der Waals surface area (Å²) in [6.45, 7) is 1.44. The van der Waals surface area contributed by atoms with Crippen molar-refractivity contribution in [2.45, 2.75) is 44.6 Å². The number of phenolic OH excluding ortho intramolecular Hbond substituents is 1. The van der Waals surface area contributed by atoms with E-state index in [1.54, 1.807) is 18.3 Å². The third-order valence-electron chi connectivity index (χ3n) is 7.72. The molecule has 1 heterocycles. The summed E-state index contributed by atoms with van der Waals surface area (Å²) in [6, 6.07) is 7.76. The number of nitrogens with zero attached hydrogens (tertiary/aromatic N) is 3. The van der Waals surface area contributed by atoms with Gasteiger partial charge in [-0.25, -0.2) is 4.98 Å². The summed E-state index contributed by atoms with van der Waals surface area (Å²) in [4.78, 5) is 8.88. The predicted molar refractivity (Wildman–Crippen MR) is 125 cm³/mol. The Morgan fingerprint density at radius 1 is 1.22 bits per heavy atom. The second-order valence-corrected chi connectivity index (χ2v) is 10.3. The molecule has 4 aliphatic rings. The van der Waals surface area contributed by atoms with E-state index in [9.17, 15) is 10.4 Å². The Kier molecular flexibility index (Phi) is 5.60. The van der Waals surface area contributed by atoms with Crippen molar-refractivity contribution in [1.29, 1.82) is 5.26 Å². The number of hydrogen-bond donors (Lipinski definition) is 4. The molecule has 168 valence electrons. The van der Waals surface area contributed by atoms with Gasteiger partial charge in [0.15, 0.2) is 0 Å². The Bertz CT molecular complexity index is 1040. The molecule has 8 heteroatoms. The second kappa shape index (κ2) is 8.42. The van der Waals surface area contributed by atoms with Crippen LogP contribution in [0.1, 0.15) is 43.2 Å². The standard InChI is InChI=1S/C24H29ClN6O/c25-19-7-14(1-2-20(19)32)3-4-28-23-29-12-18(11-26)22(31-23)30-13-24-8-15-5-16(9-24)21(27)17(6-15)10-24/h1-2,7,12,15-17,21,32H,3-6,8-10,13,27H2,(H2,28,29,30,31)/t15?,16-,17+,21?,24?. The molecule has 0 radical (unpaired) electrons. The van der Waals surface area contributed by atoms with Crippen LogP contribution in [0.5, 0.6) is 5.75 Å². The van der Waals surface area contributed by atoms with E-state index in [1.807, 2.05) is 6.07 Å². The number of rotatable bonds is 7. The Hall–Kier alpha value is -2.56. The van der Waals surface area contributed by atoms with E-state index in [0.29, 0.717) is 53.2 Å². The van der Waals surface area contributed by atoms with Crippen LogP contribution in [0.15, 0.2) is 24.4 Å². The molecule has 1 aromatic heterocycles. The van der Waals surface area contributed by atoms with Crippen LogP contribution in [0.3, 0.4) is 0 Å². The highest BCUT2D eigenvalue weighted by Crippen LogP contribution is 2.59. The molecule has 5 N–H and O–H groups in total. The molecular weight excluding hydrogens is 424 g/mol. The fourth-order valence-corrected chi connectivity index (χ4v) is 6.63. The SMILES string of the molecule is N#Cc1cnc(NCCc2ccc(O)c(Cl)c2)nc1NCC12CC3C[C@H](C1)C(N)[C@@H](C3)C2. The fraction of sp³-hybridized carbons (Fsp3) is 0.542. The van der Waals surface area contributed by atoms with Gasteiger partial charge in [-0.15, -0.1) is 0 Å². The zero-order valence-electron chi connectivity index (χ0n) is 18.0. The van der Waals surface area contributed by atoms with E-state index in [4.69, 9.17) is 17.3 Å². The maximum Gasteiger partial charge on any atom is 0.224 e. The number of nitrogens with one attached hydrogen (secondary N) is 2. The summed E-state index contributed by atoms with van der Waals surface area (Å²) in [5, 5.41) is 26.2. The quantitative estimate of drug-likeness (QED) is 0.502. The molecule has 0 spiro atoms. The van der Waals surface area contributed by atoms with Crippen LogP contribution in [0.25, 0.3) is 0 Å². The van der Waals surface area contributed by atoms with E-state index >= 15 is 0 Å². The predicted octanol–water partition coefficient (Wildman–Crippen LogP) is 3.93. The average Bonchev–Trinajstić information content (AvgIpc) is 2.78. The number of benzene rings is 1. The van der Waals surface area contributed by atoms with E-state index < -0.39 is 0 Å². The number of nitrogens with two attached hydrogens (primary N) is 1. The Balaban J connectivity index is 1.23. The van der Waals surface area contributed by atoms with Gasteiger partial charge in [0.1, 0.15) is 23.2 Å². The summed E-state index contributed by atoms with van der Waals surface area (Å²) < 4.78 is 0. The van der Waals surface area contributed by atoms with Crippen molar-refractivity contribution >= 4 is 23.4 Å². The highest BCUT2D eigenvalue weighted by molar-refractivity contribution is 6.32. The molecule has 4 aliphatic carbocycles. The van der Waals surface area contributed by atoms with Crippen molar-refractivity contribution in [3.63, 3.8) is 0 Å². The average molecular weight is 453 g/mol. The monoisotopic (exact) mass is 452 g/mol. The van der Waals surface area contributed by atoms with Gasteiger partial charge in [-0.2, -0.15) is 10.2 Å². The number of phenols is 1. The van der Waals surface area contributed by atoms with Crippen LogP contribution in [-0.2, 0) is 6.42 Å². The van der Waals surface area contributed by atoms with E-state index in [1.165, 1.54) is 32.1 Å². The molecule has 4 fully saturated rings. The highest BCUT2D eigenvalue weighted by atomic mass is 35.5. The van der Waals surface area contributed by atoms with Crippen LogP contribution >= 0.6 is 11.6 Å². The lowest BCUT2D eigenvalue weighted by atomic mass is 9.48. The fourth-order valence-electron chi connectivity index (χ4n) is 6.43. The zero-order valence-corrected chi connectivity index (χ0v) is 18.8. The topological polar surface area (TPSA) is 120 Å². The molecule has 2 aromatic rings. The van der Waals surface area contributed by atoms with Crippen LogP contribution in [0.2, 0.25) is 5.02 Å². The molecule has 1 aromatic carbocycles. The van der Waals surface area contributed by atoms with Crippen molar-refractivity contribution in [1.82, 2.24) is 9.97 Å². The third-order valence-corrected chi connectivity index (χ3v) is 8.02. The van der Waals surface area contributed by atoms with Crippen molar-refractivity contribution in [2.75, 3.05) is 23.7 Å². The first-order valence-electron chi connectivity index (χ1n) is 11.4. The summed E-state index contributed by atoms with van der Waals surface area (Å²) >= 11 is 5.98. The zero-order chi connectivity index (χ0) is 22.3. The molecule has 0 aliphatic heterocycles. The molecule has 3 unspecified atom stereocenters. The van der Waals surface area contributed by atoms with Gasteiger partial charge in [0.05, 0.1) is 11.2 Å². The number of halogens is 1. The van der Waals surface area contributed by atoms with Crippen molar-refractivity contribution in [2.24, 2.45) is 28.9 Å². The van der Waals surface area contributed by atoms with Gasteiger partial charge in [-0.1, -0.05) is 17.7 Å². The third kappa shape index (κ3) is 4.10. The smallest absolute Gasteiger partial charge is 0.224 e. The van der Waals surface area contributed by atoms with Crippen LogP contribution in [-0.4, -0.2) is 34.2 Å². The normalized spacial score (nSPS) is 30.2. The number of aromatic hydroxyl groups is 1. The number of nitriles is 1. The highest BCUT2D eigenvalue weighted by Gasteiger charge is 2.54. The second-order valence-electron chi connectivity index (χ2n) is 9.93. The minimum atomic E-state index is 0.0792. The van der Waals surface area contributed by atoms with Crippen LogP contribution in [0, 0.1) is 34.5 Å². The first-order valence-corrected chi connectivity index (χ1v) is 11.8. The summed E-state index contributed by atoms with van der Waals surface area (Å²) in [6.07, 6.45) is 8.48. The summed E-state index contributed by atoms with van der Waals surface area (Å²) in [5.74, 6) is 3.27. The first kappa shape index (κ1) is 21.3.